The summed E-state index contributed by atoms with van der Waals surface area (Å²) < 4.78 is 5.79. The number of alkyl halides is 1. The first kappa shape index (κ1) is 16.3. The molecular weight excluding hydrogens is 326 g/mol. The summed E-state index contributed by atoms with van der Waals surface area (Å²) in [5.74, 6) is 0.881. The van der Waals surface area contributed by atoms with Crippen molar-refractivity contribution >= 4 is 26.8 Å². The zero-order valence-corrected chi connectivity index (χ0v) is 14.1. The Labute approximate surface area is 136 Å². The fourth-order valence-electron chi connectivity index (χ4n) is 2.40. The van der Waals surface area contributed by atoms with Crippen LogP contribution in [0.2, 0.25) is 0 Å². The molecule has 0 aliphatic heterocycles. The van der Waals surface area contributed by atoms with E-state index in [1.807, 2.05) is 24.4 Å². The number of unbranched alkanes of at least 4 members (excludes halogenated alkanes) is 6. The molecule has 114 valence electrons. The zero-order chi connectivity index (χ0) is 14.8. The summed E-state index contributed by atoms with van der Waals surface area (Å²) in [6.45, 7) is 0.793. The van der Waals surface area contributed by atoms with Gasteiger partial charge in [0.1, 0.15) is 5.75 Å². The fraction of sp³-hybridized carbons (Fsp3) is 0.500. The van der Waals surface area contributed by atoms with E-state index in [1.54, 1.807) is 0 Å². The van der Waals surface area contributed by atoms with E-state index in [2.05, 4.69) is 33.0 Å². The molecule has 1 heterocycles. The highest BCUT2D eigenvalue weighted by atomic mass is 79.9. The maximum absolute atomic E-state index is 5.79. The lowest BCUT2D eigenvalue weighted by atomic mass is 10.1. The molecule has 0 saturated heterocycles. The van der Waals surface area contributed by atoms with Gasteiger partial charge in [-0.25, -0.2) is 0 Å². The van der Waals surface area contributed by atoms with Gasteiger partial charge in [-0.1, -0.05) is 66.2 Å². The van der Waals surface area contributed by atoms with Gasteiger partial charge in [0.15, 0.2) is 0 Å². The molecule has 0 bridgehead atoms. The van der Waals surface area contributed by atoms with Crippen molar-refractivity contribution in [1.29, 1.82) is 0 Å². The highest BCUT2D eigenvalue weighted by molar-refractivity contribution is 9.09. The predicted octanol–water partition coefficient (Wildman–Crippen LogP) is 5.74. The van der Waals surface area contributed by atoms with Crippen molar-refractivity contribution in [3.8, 4) is 5.75 Å². The molecule has 1 aromatic carbocycles. The summed E-state index contributed by atoms with van der Waals surface area (Å²) in [5, 5.41) is 2.28. The van der Waals surface area contributed by atoms with E-state index < -0.39 is 0 Å². The van der Waals surface area contributed by atoms with Crippen LogP contribution in [0.25, 0.3) is 10.9 Å². The SMILES string of the molecule is BrCCCCCCCCCOc1cnc2ccccc2c1. The number of hydrogen-bond donors (Lipinski definition) is 0. The predicted molar refractivity (Wildman–Crippen MR) is 93.4 cm³/mol. The molecule has 0 unspecified atom stereocenters. The third kappa shape index (κ3) is 6.04. The molecule has 21 heavy (non-hydrogen) atoms. The van der Waals surface area contributed by atoms with Crippen LogP contribution in [-0.2, 0) is 0 Å². The number of rotatable bonds is 10. The van der Waals surface area contributed by atoms with Gasteiger partial charge in [0.25, 0.3) is 0 Å². The van der Waals surface area contributed by atoms with Crippen molar-refractivity contribution < 1.29 is 4.74 Å². The molecule has 0 amide bonds. The van der Waals surface area contributed by atoms with E-state index in [1.165, 1.54) is 38.5 Å². The number of pyridine rings is 1. The summed E-state index contributed by atoms with van der Waals surface area (Å²) in [5.41, 5.74) is 1.02. The van der Waals surface area contributed by atoms with Gasteiger partial charge < -0.3 is 4.74 Å². The Hall–Kier alpha value is -1.09. The Morgan fingerprint density at radius 3 is 2.43 bits per heavy atom. The second kappa shape index (κ2) is 9.78. The minimum absolute atomic E-state index is 0.793. The molecule has 0 aliphatic rings. The molecule has 0 atom stereocenters. The maximum Gasteiger partial charge on any atom is 0.138 e. The maximum atomic E-state index is 5.79. The second-order valence-electron chi connectivity index (χ2n) is 5.38. The van der Waals surface area contributed by atoms with Gasteiger partial charge in [-0.3, -0.25) is 4.98 Å². The highest BCUT2D eigenvalue weighted by Crippen LogP contribution is 2.18. The summed E-state index contributed by atoms with van der Waals surface area (Å²) in [6.07, 6.45) is 10.9. The third-order valence-electron chi connectivity index (χ3n) is 3.61. The van der Waals surface area contributed by atoms with Crippen molar-refractivity contribution in [1.82, 2.24) is 4.98 Å². The molecule has 0 fully saturated rings. The Morgan fingerprint density at radius 1 is 0.905 bits per heavy atom. The van der Waals surface area contributed by atoms with Crippen molar-refractivity contribution in [3.05, 3.63) is 36.5 Å². The average molecular weight is 350 g/mol. The van der Waals surface area contributed by atoms with Crippen LogP contribution in [0.3, 0.4) is 0 Å². The van der Waals surface area contributed by atoms with Gasteiger partial charge >= 0.3 is 0 Å². The second-order valence-corrected chi connectivity index (χ2v) is 6.17. The topological polar surface area (TPSA) is 22.1 Å². The van der Waals surface area contributed by atoms with E-state index in [4.69, 9.17) is 4.74 Å². The molecule has 2 aromatic rings. The lowest BCUT2D eigenvalue weighted by Gasteiger charge is -2.07. The number of fused-ring (bicyclic) bond motifs is 1. The number of benzene rings is 1. The monoisotopic (exact) mass is 349 g/mol. The first-order valence-electron chi connectivity index (χ1n) is 7.94. The van der Waals surface area contributed by atoms with Crippen molar-refractivity contribution in [3.63, 3.8) is 0 Å². The van der Waals surface area contributed by atoms with Gasteiger partial charge in [0.2, 0.25) is 0 Å². The first-order valence-corrected chi connectivity index (χ1v) is 9.06. The Balaban J connectivity index is 1.59. The largest absolute Gasteiger partial charge is 0.492 e. The number of halogens is 1. The number of nitrogens with zero attached hydrogens (tertiary/aromatic N) is 1. The van der Waals surface area contributed by atoms with E-state index in [9.17, 15) is 0 Å². The molecule has 1 aromatic heterocycles. The van der Waals surface area contributed by atoms with E-state index in [-0.39, 0.29) is 0 Å². The Kier molecular flexibility index (Phi) is 7.58. The molecule has 0 spiro atoms. The Bertz CT molecular complexity index is 529. The van der Waals surface area contributed by atoms with Crippen LogP contribution < -0.4 is 4.74 Å². The van der Waals surface area contributed by atoms with Crippen LogP contribution in [0.4, 0.5) is 0 Å². The molecule has 0 saturated carbocycles. The standard InChI is InChI=1S/C18H24BrNO/c19-12-8-4-2-1-3-5-9-13-21-17-14-16-10-6-7-11-18(16)20-15-17/h6-7,10-11,14-15H,1-5,8-9,12-13H2. The minimum Gasteiger partial charge on any atom is -0.492 e. The van der Waals surface area contributed by atoms with Gasteiger partial charge in [-0.15, -0.1) is 0 Å². The zero-order valence-electron chi connectivity index (χ0n) is 12.6. The summed E-state index contributed by atoms with van der Waals surface area (Å²) in [7, 11) is 0. The molecule has 0 N–H and O–H groups in total. The van der Waals surface area contributed by atoms with Crippen molar-refractivity contribution in [2.45, 2.75) is 44.9 Å². The molecule has 2 nitrogen and oxygen atoms in total. The van der Waals surface area contributed by atoms with Crippen LogP contribution in [0.15, 0.2) is 36.5 Å². The lowest BCUT2D eigenvalue weighted by molar-refractivity contribution is 0.303. The van der Waals surface area contributed by atoms with Crippen LogP contribution in [-0.4, -0.2) is 16.9 Å². The van der Waals surface area contributed by atoms with E-state index in [0.29, 0.717) is 0 Å². The third-order valence-corrected chi connectivity index (χ3v) is 4.17. The van der Waals surface area contributed by atoms with E-state index in [0.717, 1.165) is 35.0 Å². The number of ether oxygens (including phenoxy) is 1. The fourth-order valence-corrected chi connectivity index (χ4v) is 2.80. The summed E-state index contributed by atoms with van der Waals surface area (Å²) >= 11 is 3.47. The number of hydrogen-bond acceptors (Lipinski definition) is 2. The quantitative estimate of drug-likeness (QED) is 0.403. The smallest absolute Gasteiger partial charge is 0.138 e. The highest BCUT2D eigenvalue weighted by Gasteiger charge is 1.98. The molecule has 2 rings (SSSR count). The molecular formula is C18H24BrNO. The van der Waals surface area contributed by atoms with Gasteiger partial charge in [0, 0.05) is 10.7 Å². The average Bonchev–Trinajstić information content (AvgIpc) is 2.53. The lowest BCUT2D eigenvalue weighted by Crippen LogP contribution is -1.97. The Morgan fingerprint density at radius 2 is 1.62 bits per heavy atom. The van der Waals surface area contributed by atoms with Gasteiger partial charge in [-0.2, -0.15) is 0 Å². The molecule has 0 radical (unpaired) electrons. The van der Waals surface area contributed by atoms with Crippen LogP contribution in [0.5, 0.6) is 5.75 Å². The van der Waals surface area contributed by atoms with Crippen LogP contribution >= 0.6 is 15.9 Å². The summed E-state index contributed by atoms with van der Waals surface area (Å²) in [4.78, 5) is 4.41. The number of aromatic nitrogens is 1. The normalized spacial score (nSPS) is 10.9. The van der Waals surface area contributed by atoms with Crippen LogP contribution in [0.1, 0.15) is 44.9 Å². The van der Waals surface area contributed by atoms with Gasteiger partial charge in [0.05, 0.1) is 18.3 Å². The minimum atomic E-state index is 0.793. The van der Waals surface area contributed by atoms with Crippen molar-refractivity contribution in [2.24, 2.45) is 0 Å². The van der Waals surface area contributed by atoms with Crippen molar-refractivity contribution in [2.75, 3.05) is 11.9 Å². The number of para-hydroxylation sites is 1. The van der Waals surface area contributed by atoms with Crippen LogP contribution in [0, 0.1) is 0 Å². The van der Waals surface area contributed by atoms with E-state index >= 15 is 0 Å². The molecule has 3 heteroatoms. The van der Waals surface area contributed by atoms with Gasteiger partial charge in [-0.05, 0) is 25.0 Å². The summed E-state index contributed by atoms with van der Waals surface area (Å²) in [6, 6.07) is 10.2. The first-order chi connectivity index (χ1) is 10.4. The molecule has 0 aliphatic carbocycles.